The summed E-state index contributed by atoms with van der Waals surface area (Å²) in [6.45, 7) is 1.91. The number of hydrogen-bond donors (Lipinski definition) is 1. The van der Waals surface area contributed by atoms with E-state index < -0.39 is 0 Å². The molecule has 4 heteroatoms. The van der Waals surface area contributed by atoms with Crippen molar-refractivity contribution in [3.63, 3.8) is 0 Å². The largest absolute Gasteiger partial charge is 0.370 e. The molecule has 1 aliphatic rings. The third-order valence-corrected chi connectivity index (χ3v) is 3.77. The Morgan fingerprint density at radius 1 is 0.789 bits per heavy atom. The molecule has 0 atom stereocenters. The van der Waals surface area contributed by atoms with Crippen molar-refractivity contribution in [3.05, 3.63) is 0 Å². The van der Waals surface area contributed by atoms with Gasteiger partial charge in [-0.05, 0) is 25.7 Å². The molecule has 0 aromatic heterocycles. The van der Waals surface area contributed by atoms with Crippen molar-refractivity contribution in [2.24, 2.45) is 5.73 Å². The fraction of sp³-hybridized carbons (Fsp3) is 0.867. The lowest BCUT2D eigenvalue weighted by atomic mass is 10.1. The van der Waals surface area contributed by atoms with Crippen LogP contribution in [0.25, 0.3) is 0 Å². The summed E-state index contributed by atoms with van der Waals surface area (Å²) in [5.41, 5.74) is 5.08. The second-order valence-corrected chi connectivity index (χ2v) is 5.53. The van der Waals surface area contributed by atoms with Crippen molar-refractivity contribution >= 4 is 11.8 Å². The van der Waals surface area contributed by atoms with E-state index in [0.29, 0.717) is 18.7 Å². The molecule has 2 N–H and O–H groups in total. The highest BCUT2D eigenvalue weighted by Crippen LogP contribution is 2.13. The van der Waals surface area contributed by atoms with Crippen molar-refractivity contribution in [1.82, 2.24) is 4.90 Å². The van der Waals surface area contributed by atoms with Gasteiger partial charge in [0.25, 0.3) is 0 Å². The van der Waals surface area contributed by atoms with E-state index in [1.54, 1.807) is 0 Å². The van der Waals surface area contributed by atoms with Gasteiger partial charge < -0.3 is 10.6 Å². The minimum Gasteiger partial charge on any atom is -0.370 e. The van der Waals surface area contributed by atoms with E-state index in [2.05, 4.69) is 0 Å². The summed E-state index contributed by atoms with van der Waals surface area (Å²) in [6, 6.07) is 0. The smallest absolute Gasteiger partial charge is 0.222 e. The van der Waals surface area contributed by atoms with Gasteiger partial charge in [-0.25, -0.2) is 0 Å². The van der Waals surface area contributed by atoms with Crippen LogP contribution in [-0.4, -0.2) is 29.8 Å². The number of nitrogens with two attached hydrogens (primary N) is 1. The van der Waals surface area contributed by atoms with Crippen LogP contribution in [0.2, 0.25) is 0 Å². The highest BCUT2D eigenvalue weighted by Gasteiger charge is 2.14. The predicted molar refractivity (Wildman–Crippen MR) is 76.6 cm³/mol. The van der Waals surface area contributed by atoms with Crippen LogP contribution in [-0.2, 0) is 9.59 Å². The first-order valence-electron chi connectivity index (χ1n) is 7.76. The molecule has 4 nitrogen and oxygen atoms in total. The fourth-order valence-electron chi connectivity index (χ4n) is 2.58. The Hall–Kier alpha value is -1.06. The zero-order chi connectivity index (χ0) is 13.9. The average Bonchev–Trinajstić information content (AvgIpc) is 2.66. The first-order chi connectivity index (χ1) is 9.20. The summed E-state index contributed by atoms with van der Waals surface area (Å²) in [4.78, 5) is 24.6. The SMILES string of the molecule is NC(=O)CCCCCCCC(=O)N1CCCCCC1. The zero-order valence-corrected chi connectivity index (χ0v) is 12.0. The molecule has 1 heterocycles. The molecule has 2 amide bonds. The summed E-state index contributed by atoms with van der Waals surface area (Å²) >= 11 is 0. The van der Waals surface area contributed by atoms with Crippen LogP contribution in [0.15, 0.2) is 0 Å². The molecule has 0 aromatic carbocycles. The Morgan fingerprint density at radius 3 is 1.89 bits per heavy atom. The van der Waals surface area contributed by atoms with Crippen LogP contribution in [0.3, 0.4) is 0 Å². The normalized spacial score (nSPS) is 16.1. The van der Waals surface area contributed by atoms with E-state index >= 15 is 0 Å². The van der Waals surface area contributed by atoms with Crippen LogP contribution in [0.5, 0.6) is 0 Å². The summed E-state index contributed by atoms with van der Waals surface area (Å²) < 4.78 is 0. The third kappa shape index (κ3) is 7.85. The molecular formula is C15H28N2O2. The third-order valence-electron chi connectivity index (χ3n) is 3.77. The van der Waals surface area contributed by atoms with Gasteiger partial charge >= 0.3 is 0 Å². The number of likely N-dealkylation sites (tertiary alicyclic amines) is 1. The van der Waals surface area contributed by atoms with Gasteiger partial charge in [-0.3, -0.25) is 9.59 Å². The van der Waals surface area contributed by atoms with Gasteiger partial charge in [0.2, 0.25) is 11.8 Å². The van der Waals surface area contributed by atoms with Gasteiger partial charge in [0.1, 0.15) is 0 Å². The lowest BCUT2D eigenvalue weighted by molar-refractivity contribution is -0.131. The monoisotopic (exact) mass is 268 g/mol. The van der Waals surface area contributed by atoms with Gasteiger partial charge in [0.05, 0.1) is 0 Å². The number of unbranched alkanes of at least 4 members (excludes halogenated alkanes) is 4. The van der Waals surface area contributed by atoms with E-state index in [1.165, 1.54) is 25.7 Å². The Labute approximate surface area is 116 Å². The van der Waals surface area contributed by atoms with Gasteiger partial charge in [0, 0.05) is 25.9 Å². The predicted octanol–water partition coefficient (Wildman–Crippen LogP) is 2.61. The Morgan fingerprint density at radius 2 is 1.32 bits per heavy atom. The Bertz CT molecular complexity index is 271. The average molecular weight is 268 g/mol. The van der Waals surface area contributed by atoms with Crippen LogP contribution in [0.1, 0.15) is 70.6 Å². The number of hydrogen-bond acceptors (Lipinski definition) is 2. The zero-order valence-electron chi connectivity index (χ0n) is 12.0. The molecule has 0 spiro atoms. The van der Waals surface area contributed by atoms with Gasteiger partial charge in [-0.2, -0.15) is 0 Å². The summed E-state index contributed by atoms with van der Waals surface area (Å²) in [5.74, 6) is 0.121. The molecule has 1 aliphatic heterocycles. The minimum absolute atomic E-state index is 0.212. The van der Waals surface area contributed by atoms with E-state index in [0.717, 1.165) is 45.2 Å². The number of carbonyl (C=O) groups is 2. The van der Waals surface area contributed by atoms with Crippen LogP contribution in [0.4, 0.5) is 0 Å². The standard InChI is InChI=1S/C15H28N2O2/c16-14(18)10-6-2-1-3-7-11-15(19)17-12-8-4-5-9-13-17/h1-13H2,(H2,16,18). The van der Waals surface area contributed by atoms with Crippen LogP contribution in [0, 0.1) is 0 Å². The van der Waals surface area contributed by atoms with E-state index in [4.69, 9.17) is 5.73 Å². The number of rotatable bonds is 8. The molecule has 1 fully saturated rings. The lowest BCUT2D eigenvalue weighted by Gasteiger charge is -2.20. The second kappa shape index (κ2) is 9.82. The minimum atomic E-state index is -0.212. The quantitative estimate of drug-likeness (QED) is 0.688. The highest BCUT2D eigenvalue weighted by atomic mass is 16.2. The molecule has 110 valence electrons. The van der Waals surface area contributed by atoms with Crippen molar-refractivity contribution in [3.8, 4) is 0 Å². The van der Waals surface area contributed by atoms with E-state index in [1.807, 2.05) is 4.90 Å². The maximum Gasteiger partial charge on any atom is 0.222 e. The first kappa shape index (κ1) is 16.0. The molecule has 0 saturated carbocycles. The van der Waals surface area contributed by atoms with Crippen LogP contribution >= 0.6 is 0 Å². The molecule has 0 radical (unpaired) electrons. The molecule has 0 aromatic rings. The van der Waals surface area contributed by atoms with Crippen LogP contribution < -0.4 is 5.73 Å². The Kier molecular flexibility index (Phi) is 8.26. The molecule has 19 heavy (non-hydrogen) atoms. The fourth-order valence-corrected chi connectivity index (χ4v) is 2.58. The molecule has 0 unspecified atom stereocenters. The first-order valence-corrected chi connectivity index (χ1v) is 7.76. The molecule has 0 aliphatic carbocycles. The van der Waals surface area contributed by atoms with Gasteiger partial charge in [-0.15, -0.1) is 0 Å². The maximum atomic E-state index is 12.0. The highest BCUT2D eigenvalue weighted by molar-refractivity contribution is 5.76. The molecule has 0 bridgehead atoms. The summed E-state index contributed by atoms with van der Waals surface area (Å²) in [7, 11) is 0. The summed E-state index contributed by atoms with van der Waals surface area (Å²) in [5, 5.41) is 0. The topological polar surface area (TPSA) is 63.4 Å². The second-order valence-electron chi connectivity index (χ2n) is 5.53. The number of primary amides is 1. The lowest BCUT2D eigenvalue weighted by Crippen LogP contribution is -2.31. The molecular weight excluding hydrogens is 240 g/mol. The Balaban J connectivity index is 1.99. The van der Waals surface area contributed by atoms with Crippen molar-refractivity contribution in [1.29, 1.82) is 0 Å². The van der Waals surface area contributed by atoms with E-state index in [-0.39, 0.29) is 5.91 Å². The number of nitrogens with zero attached hydrogens (tertiary/aromatic N) is 1. The van der Waals surface area contributed by atoms with Gasteiger partial charge in [-0.1, -0.05) is 32.1 Å². The van der Waals surface area contributed by atoms with E-state index in [9.17, 15) is 9.59 Å². The number of carbonyl (C=O) groups excluding carboxylic acids is 2. The summed E-state index contributed by atoms with van der Waals surface area (Å²) in [6.07, 6.45) is 11.1. The van der Waals surface area contributed by atoms with Crippen molar-refractivity contribution in [2.45, 2.75) is 70.6 Å². The molecule has 1 rings (SSSR count). The number of amides is 2. The molecule has 1 saturated heterocycles. The van der Waals surface area contributed by atoms with Crippen molar-refractivity contribution in [2.75, 3.05) is 13.1 Å². The van der Waals surface area contributed by atoms with Crippen molar-refractivity contribution < 1.29 is 9.59 Å². The maximum absolute atomic E-state index is 12.0. The van der Waals surface area contributed by atoms with Gasteiger partial charge in [0.15, 0.2) is 0 Å².